The monoisotopic (exact) mass is 200 g/mol. The summed E-state index contributed by atoms with van der Waals surface area (Å²) in [5.74, 6) is 0.252. The summed E-state index contributed by atoms with van der Waals surface area (Å²) in [5, 5.41) is 0. The van der Waals surface area contributed by atoms with Crippen LogP contribution in [0.3, 0.4) is 0 Å². The molecule has 0 radical (unpaired) electrons. The van der Waals surface area contributed by atoms with Crippen molar-refractivity contribution in [3.8, 4) is 0 Å². The Morgan fingerprint density at radius 1 is 1.29 bits per heavy atom. The first-order valence-electron chi connectivity index (χ1n) is 5.55. The van der Waals surface area contributed by atoms with Crippen molar-refractivity contribution in [2.45, 2.75) is 53.4 Å². The van der Waals surface area contributed by atoms with E-state index in [9.17, 15) is 4.79 Å². The Morgan fingerprint density at radius 3 is 2.43 bits per heavy atom. The molecule has 0 N–H and O–H groups in total. The molecule has 0 aliphatic heterocycles. The first kappa shape index (κ1) is 13.6. The van der Waals surface area contributed by atoms with E-state index < -0.39 is 0 Å². The van der Waals surface area contributed by atoms with Gasteiger partial charge in [-0.1, -0.05) is 27.2 Å². The van der Waals surface area contributed by atoms with Crippen LogP contribution in [0.25, 0.3) is 0 Å². The van der Waals surface area contributed by atoms with E-state index in [0.717, 1.165) is 26.1 Å². The Bertz CT molecular complexity index is 162. The van der Waals surface area contributed by atoms with Crippen molar-refractivity contribution in [1.82, 2.24) is 0 Å². The molecule has 0 saturated heterocycles. The van der Waals surface area contributed by atoms with Gasteiger partial charge in [-0.2, -0.15) is 0 Å². The van der Waals surface area contributed by atoms with Crippen LogP contribution in [-0.4, -0.2) is 19.0 Å². The van der Waals surface area contributed by atoms with Gasteiger partial charge in [-0.05, 0) is 25.2 Å². The molecule has 0 aliphatic carbocycles. The molecule has 2 nitrogen and oxygen atoms in total. The average Bonchev–Trinajstić information content (AvgIpc) is 2.10. The molecule has 0 aromatic heterocycles. The summed E-state index contributed by atoms with van der Waals surface area (Å²) in [4.78, 5) is 10.6. The van der Waals surface area contributed by atoms with Crippen LogP contribution in [0.1, 0.15) is 53.4 Å². The van der Waals surface area contributed by atoms with Crippen molar-refractivity contribution in [3.63, 3.8) is 0 Å². The maximum absolute atomic E-state index is 10.6. The van der Waals surface area contributed by atoms with Crippen LogP contribution in [-0.2, 0) is 9.53 Å². The van der Waals surface area contributed by atoms with Gasteiger partial charge in [0.15, 0.2) is 0 Å². The second kappa shape index (κ2) is 6.99. The fourth-order valence-corrected chi connectivity index (χ4v) is 1.05. The molecule has 0 atom stereocenters. The number of Topliss-reactive ketones (excluding diaryl/α,β-unsaturated/α-hetero) is 1. The van der Waals surface area contributed by atoms with Crippen molar-refractivity contribution in [2.24, 2.45) is 5.41 Å². The topological polar surface area (TPSA) is 26.3 Å². The summed E-state index contributed by atoms with van der Waals surface area (Å²) in [6.45, 7) is 9.88. The molecule has 0 bridgehead atoms. The predicted molar refractivity (Wildman–Crippen MR) is 59.4 cm³/mol. The first-order chi connectivity index (χ1) is 6.48. The van der Waals surface area contributed by atoms with Gasteiger partial charge in [0, 0.05) is 19.6 Å². The maximum atomic E-state index is 10.6. The minimum absolute atomic E-state index is 0.252. The lowest BCUT2D eigenvalue weighted by Gasteiger charge is -2.21. The fraction of sp³-hybridized carbons (Fsp3) is 0.917. The molecule has 0 fully saturated rings. The summed E-state index contributed by atoms with van der Waals surface area (Å²) in [7, 11) is 0. The van der Waals surface area contributed by atoms with E-state index in [1.165, 1.54) is 6.42 Å². The van der Waals surface area contributed by atoms with Gasteiger partial charge in [-0.15, -0.1) is 0 Å². The van der Waals surface area contributed by atoms with E-state index in [-0.39, 0.29) is 5.78 Å². The lowest BCUT2D eigenvalue weighted by Crippen LogP contribution is -2.13. The molecule has 0 unspecified atom stereocenters. The molecule has 0 rings (SSSR count). The molecule has 2 heteroatoms. The highest BCUT2D eigenvalue weighted by atomic mass is 16.5. The smallest absolute Gasteiger partial charge is 0.129 e. The highest BCUT2D eigenvalue weighted by molar-refractivity contribution is 5.75. The normalized spacial score (nSPS) is 11.7. The van der Waals surface area contributed by atoms with Gasteiger partial charge in [0.05, 0.1) is 0 Å². The number of hydrogen-bond donors (Lipinski definition) is 0. The van der Waals surface area contributed by atoms with Gasteiger partial charge in [-0.25, -0.2) is 0 Å². The summed E-state index contributed by atoms with van der Waals surface area (Å²) in [6.07, 6.45) is 3.80. The van der Waals surface area contributed by atoms with Gasteiger partial charge in [0.2, 0.25) is 0 Å². The maximum Gasteiger partial charge on any atom is 0.129 e. The zero-order valence-electron chi connectivity index (χ0n) is 10.1. The standard InChI is InChI=1S/C12H24O2/c1-5-12(3,4)8-10-14-9-6-7-11(2)13/h5-10H2,1-4H3. The molecular formula is C12H24O2. The zero-order chi connectivity index (χ0) is 11.0. The highest BCUT2D eigenvalue weighted by Gasteiger charge is 2.13. The largest absolute Gasteiger partial charge is 0.381 e. The molecule has 0 amide bonds. The van der Waals surface area contributed by atoms with Crippen LogP contribution in [0.15, 0.2) is 0 Å². The van der Waals surface area contributed by atoms with Crippen molar-refractivity contribution >= 4 is 5.78 Å². The van der Waals surface area contributed by atoms with E-state index >= 15 is 0 Å². The van der Waals surface area contributed by atoms with Crippen LogP contribution in [0.5, 0.6) is 0 Å². The molecule has 0 spiro atoms. The molecule has 0 heterocycles. The second-order valence-electron chi connectivity index (χ2n) is 4.69. The van der Waals surface area contributed by atoms with Crippen molar-refractivity contribution in [1.29, 1.82) is 0 Å². The third kappa shape index (κ3) is 8.24. The second-order valence-corrected chi connectivity index (χ2v) is 4.69. The van der Waals surface area contributed by atoms with Crippen LogP contribution < -0.4 is 0 Å². The van der Waals surface area contributed by atoms with Crippen molar-refractivity contribution in [3.05, 3.63) is 0 Å². The van der Waals surface area contributed by atoms with Crippen molar-refractivity contribution in [2.75, 3.05) is 13.2 Å². The first-order valence-corrected chi connectivity index (χ1v) is 5.55. The Hall–Kier alpha value is -0.370. The molecule has 0 aromatic carbocycles. The lowest BCUT2D eigenvalue weighted by atomic mass is 9.87. The summed E-state index contributed by atoms with van der Waals surface area (Å²) in [5.41, 5.74) is 0.389. The molecule has 14 heavy (non-hydrogen) atoms. The van der Waals surface area contributed by atoms with E-state index in [1.807, 2.05) is 0 Å². The minimum atomic E-state index is 0.252. The average molecular weight is 200 g/mol. The number of ether oxygens (including phenoxy) is 1. The van der Waals surface area contributed by atoms with Gasteiger partial charge >= 0.3 is 0 Å². The van der Waals surface area contributed by atoms with Gasteiger partial charge < -0.3 is 9.53 Å². The van der Waals surface area contributed by atoms with E-state index in [0.29, 0.717) is 11.8 Å². The van der Waals surface area contributed by atoms with E-state index in [4.69, 9.17) is 4.74 Å². The Kier molecular flexibility index (Phi) is 6.81. The summed E-state index contributed by atoms with van der Waals surface area (Å²) in [6, 6.07) is 0. The Morgan fingerprint density at radius 2 is 1.93 bits per heavy atom. The van der Waals surface area contributed by atoms with Crippen LogP contribution in [0.4, 0.5) is 0 Å². The minimum Gasteiger partial charge on any atom is -0.381 e. The molecule has 0 saturated carbocycles. The fourth-order valence-electron chi connectivity index (χ4n) is 1.05. The van der Waals surface area contributed by atoms with Gasteiger partial charge in [-0.3, -0.25) is 0 Å². The number of rotatable bonds is 8. The van der Waals surface area contributed by atoms with Crippen LogP contribution in [0, 0.1) is 5.41 Å². The van der Waals surface area contributed by atoms with Crippen LogP contribution in [0.2, 0.25) is 0 Å². The summed E-state index contributed by atoms with van der Waals surface area (Å²) < 4.78 is 5.47. The van der Waals surface area contributed by atoms with Crippen LogP contribution >= 0.6 is 0 Å². The summed E-state index contributed by atoms with van der Waals surface area (Å²) >= 11 is 0. The Labute approximate surface area is 88.0 Å². The van der Waals surface area contributed by atoms with E-state index in [2.05, 4.69) is 20.8 Å². The number of carbonyl (C=O) groups excluding carboxylic acids is 1. The number of carbonyl (C=O) groups is 1. The third-order valence-electron chi connectivity index (χ3n) is 2.70. The quantitative estimate of drug-likeness (QED) is 0.562. The van der Waals surface area contributed by atoms with Crippen molar-refractivity contribution < 1.29 is 9.53 Å². The third-order valence-corrected chi connectivity index (χ3v) is 2.70. The molecule has 0 aliphatic rings. The number of ketones is 1. The Balaban J connectivity index is 3.25. The van der Waals surface area contributed by atoms with E-state index in [1.54, 1.807) is 6.92 Å². The number of hydrogen-bond acceptors (Lipinski definition) is 2. The predicted octanol–water partition coefficient (Wildman–Crippen LogP) is 3.20. The zero-order valence-corrected chi connectivity index (χ0v) is 10.1. The molecule has 84 valence electrons. The lowest BCUT2D eigenvalue weighted by molar-refractivity contribution is -0.117. The van der Waals surface area contributed by atoms with Gasteiger partial charge in [0.1, 0.15) is 5.78 Å². The molecule has 0 aromatic rings. The SMILES string of the molecule is CCC(C)(C)CCOCCCC(C)=O. The van der Waals surface area contributed by atoms with Gasteiger partial charge in [0.25, 0.3) is 0 Å². The highest BCUT2D eigenvalue weighted by Crippen LogP contribution is 2.23. The molecular weight excluding hydrogens is 176 g/mol.